The molecule has 0 aliphatic carbocycles. The fourth-order valence-electron chi connectivity index (χ4n) is 0.303. The Labute approximate surface area is 54.5 Å². The van der Waals surface area contributed by atoms with Gasteiger partial charge in [0.15, 0.2) is 0 Å². The minimum absolute atomic E-state index is 0.361. The molecule has 0 bridgehead atoms. The molecule has 0 rings (SSSR count). The van der Waals surface area contributed by atoms with E-state index in [4.69, 9.17) is 15.5 Å². The Hall–Kier alpha value is -0.590. The maximum atomic E-state index is 8.91. The Morgan fingerprint density at radius 3 is 2.22 bits per heavy atom. The molecule has 0 aliphatic heterocycles. The summed E-state index contributed by atoms with van der Waals surface area (Å²) in [5.41, 5.74) is -0.839. The van der Waals surface area contributed by atoms with Gasteiger partial charge in [-0.15, -0.1) is 0 Å². The van der Waals surface area contributed by atoms with Crippen molar-refractivity contribution in [2.24, 2.45) is 5.41 Å². The van der Waals surface area contributed by atoms with Crippen molar-refractivity contribution in [3.05, 3.63) is 0 Å². The van der Waals surface area contributed by atoms with Crippen LogP contribution in [0.4, 0.5) is 0 Å². The van der Waals surface area contributed by atoms with Gasteiger partial charge in [0.05, 0.1) is 24.2 Å². The summed E-state index contributed by atoms with van der Waals surface area (Å²) in [6, 6.07) is 1.88. The highest BCUT2D eigenvalue weighted by Crippen LogP contribution is 2.17. The van der Waals surface area contributed by atoms with E-state index in [2.05, 4.69) is 0 Å². The zero-order valence-electron chi connectivity index (χ0n) is 5.63. The van der Waals surface area contributed by atoms with Gasteiger partial charge < -0.3 is 10.2 Å². The van der Waals surface area contributed by atoms with E-state index in [1.165, 1.54) is 0 Å². The Balaban J connectivity index is 4.01. The normalized spacial score (nSPS) is 14.6. The summed E-state index contributed by atoms with van der Waals surface area (Å²) >= 11 is 0. The van der Waals surface area contributed by atoms with Crippen LogP contribution in [0.25, 0.3) is 0 Å². The number of hydrogen-bond acceptors (Lipinski definition) is 3. The van der Waals surface area contributed by atoms with Crippen molar-refractivity contribution in [3.8, 4) is 6.07 Å². The minimum atomic E-state index is -0.942. The first kappa shape index (κ1) is 8.41. The molecule has 0 saturated carbocycles. The largest absolute Gasteiger partial charge is 0.394 e. The highest BCUT2D eigenvalue weighted by molar-refractivity contribution is 4.96. The quantitative estimate of drug-likeness (QED) is 0.546. The molecule has 2 N–H and O–H groups in total. The van der Waals surface area contributed by atoms with Gasteiger partial charge in [-0.2, -0.15) is 5.26 Å². The molecule has 0 radical (unpaired) electrons. The Kier molecular flexibility index (Phi) is 2.63. The van der Waals surface area contributed by atoms with Crippen LogP contribution in [0.15, 0.2) is 0 Å². The van der Waals surface area contributed by atoms with Gasteiger partial charge in [0.25, 0.3) is 0 Å². The van der Waals surface area contributed by atoms with E-state index in [1.54, 1.807) is 13.8 Å². The topological polar surface area (TPSA) is 64.2 Å². The molecule has 52 valence electrons. The van der Waals surface area contributed by atoms with Gasteiger partial charge in [-0.1, -0.05) is 0 Å². The predicted octanol–water partition coefficient (Wildman–Crippen LogP) is -0.111. The van der Waals surface area contributed by atoms with Crippen LogP contribution in [-0.4, -0.2) is 22.9 Å². The van der Waals surface area contributed by atoms with Crippen molar-refractivity contribution in [1.29, 1.82) is 5.26 Å². The van der Waals surface area contributed by atoms with E-state index >= 15 is 0 Å². The fourth-order valence-corrected chi connectivity index (χ4v) is 0.303. The number of nitrogens with zero attached hydrogens (tertiary/aromatic N) is 1. The summed E-state index contributed by atoms with van der Waals surface area (Å²) in [4.78, 5) is 0. The molecule has 1 unspecified atom stereocenters. The van der Waals surface area contributed by atoms with Crippen molar-refractivity contribution in [1.82, 2.24) is 0 Å². The van der Waals surface area contributed by atoms with Crippen LogP contribution < -0.4 is 0 Å². The predicted molar refractivity (Wildman–Crippen MR) is 32.5 cm³/mol. The number of aliphatic hydroxyl groups is 2. The summed E-state index contributed by atoms with van der Waals surface area (Å²) in [5, 5.41) is 25.7. The van der Waals surface area contributed by atoms with Crippen LogP contribution in [-0.2, 0) is 0 Å². The molecule has 0 heterocycles. The van der Waals surface area contributed by atoms with E-state index in [1.807, 2.05) is 6.07 Å². The van der Waals surface area contributed by atoms with Gasteiger partial charge in [-0.3, -0.25) is 0 Å². The molecule has 0 aromatic carbocycles. The minimum Gasteiger partial charge on any atom is -0.394 e. The maximum Gasteiger partial charge on any atom is 0.0951 e. The number of rotatable bonds is 2. The van der Waals surface area contributed by atoms with Crippen molar-refractivity contribution in [2.75, 3.05) is 6.61 Å². The molecule has 3 nitrogen and oxygen atoms in total. The first-order valence-electron chi connectivity index (χ1n) is 2.74. The van der Waals surface area contributed by atoms with E-state index < -0.39 is 11.5 Å². The van der Waals surface area contributed by atoms with Crippen molar-refractivity contribution < 1.29 is 10.2 Å². The lowest BCUT2D eigenvalue weighted by molar-refractivity contribution is 0.0309. The average molecular weight is 129 g/mol. The van der Waals surface area contributed by atoms with Crippen LogP contribution in [0.5, 0.6) is 0 Å². The lowest BCUT2D eigenvalue weighted by Gasteiger charge is -2.19. The highest BCUT2D eigenvalue weighted by atomic mass is 16.3. The zero-order chi connectivity index (χ0) is 7.49. The number of nitriles is 1. The standard InChI is InChI=1S/C6H11NO2/c1-6(2,4-7)5(9)3-8/h5,8-9H,3H2,1-2H3. The van der Waals surface area contributed by atoms with Gasteiger partial charge >= 0.3 is 0 Å². The molecule has 9 heavy (non-hydrogen) atoms. The van der Waals surface area contributed by atoms with E-state index in [0.29, 0.717) is 0 Å². The third-order valence-electron chi connectivity index (χ3n) is 1.29. The second-order valence-corrected chi connectivity index (χ2v) is 2.53. The van der Waals surface area contributed by atoms with Crippen LogP contribution >= 0.6 is 0 Å². The summed E-state index contributed by atoms with van der Waals surface area (Å²) in [7, 11) is 0. The molecular weight excluding hydrogens is 118 g/mol. The van der Waals surface area contributed by atoms with E-state index in [-0.39, 0.29) is 6.61 Å². The third-order valence-corrected chi connectivity index (χ3v) is 1.29. The Morgan fingerprint density at radius 1 is 1.67 bits per heavy atom. The SMILES string of the molecule is CC(C)(C#N)C(O)CO. The van der Waals surface area contributed by atoms with Gasteiger partial charge in [0.2, 0.25) is 0 Å². The zero-order valence-corrected chi connectivity index (χ0v) is 5.63. The molecular formula is C6H11NO2. The first-order valence-corrected chi connectivity index (χ1v) is 2.74. The van der Waals surface area contributed by atoms with E-state index in [0.717, 1.165) is 0 Å². The van der Waals surface area contributed by atoms with Gasteiger partial charge in [-0.25, -0.2) is 0 Å². The maximum absolute atomic E-state index is 8.91. The summed E-state index contributed by atoms with van der Waals surface area (Å²) in [5.74, 6) is 0. The molecule has 0 aromatic rings. The van der Waals surface area contributed by atoms with Crippen molar-refractivity contribution >= 4 is 0 Å². The molecule has 0 aliphatic rings. The molecule has 0 amide bonds. The molecule has 0 saturated heterocycles. The smallest absolute Gasteiger partial charge is 0.0951 e. The fraction of sp³-hybridized carbons (Fsp3) is 0.833. The van der Waals surface area contributed by atoms with Crippen molar-refractivity contribution in [2.45, 2.75) is 20.0 Å². The highest BCUT2D eigenvalue weighted by Gasteiger charge is 2.26. The first-order chi connectivity index (χ1) is 4.04. The van der Waals surface area contributed by atoms with Gasteiger partial charge in [0.1, 0.15) is 0 Å². The number of aliphatic hydroxyl groups excluding tert-OH is 2. The van der Waals surface area contributed by atoms with Crippen LogP contribution in [0.2, 0.25) is 0 Å². The lowest BCUT2D eigenvalue weighted by atomic mass is 9.89. The summed E-state index contributed by atoms with van der Waals surface area (Å²) < 4.78 is 0. The number of hydrogen-bond donors (Lipinski definition) is 2. The lowest BCUT2D eigenvalue weighted by Crippen LogP contribution is -2.30. The summed E-state index contributed by atoms with van der Waals surface area (Å²) in [6.07, 6.45) is -0.942. The van der Waals surface area contributed by atoms with Crippen LogP contribution in [0.3, 0.4) is 0 Å². The third kappa shape index (κ3) is 2.00. The van der Waals surface area contributed by atoms with Crippen LogP contribution in [0.1, 0.15) is 13.8 Å². The van der Waals surface area contributed by atoms with Gasteiger partial charge in [0, 0.05) is 0 Å². The molecule has 3 heteroatoms. The second-order valence-electron chi connectivity index (χ2n) is 2.53. The second kappa shape index (κ2) is 2.81. The molecule has 0 fully saturated rings. The molecule has 1 atom stereocenters. The van der Waals surface area contributed by atoms with Crippen molar-refractivity contribution in [3.63, 3.8) is 0 Å². The Bertz CT molecular complexity index is 126. The molecule has 0 aromatic heterocycles. The molecule has 0 spiro atoms. The average Bonchev–Trinajstić information content (AvgIpc) is 1.86. The monoisotopic (exact) mass is 129 g/mol. The Morgan fingerprint density at radius 2 is 2.11 bits per heavy atom. The van der Waals surface area contributed by atoms with E-state index in [9.17, 15) is 0 Å². The van der Waals surface area contributed by atoms with Crippen LogP contribution in [0, 0.1) is 16.7 Å². The summed E-state index contributed by atoms with van der Waals surface area (Å²) in [6.45, 7) is 2.79. The van der Waals surface area contributed by atoms with Gasteiger partial charge in [-0.05, 0) is 13.8 Å².